The highest BCUT2D eigenvalue weighted by Crippen LogP contribution is 2.16. The lowest BCUT2D eigenvalue weighted by Crippen LogP contribution is -2.25. The van der Waals surface area contributed by atoms with Gasteiger partial charge in [0.2, 0.25) is 0 Å². The lowest BCUT2D eigenvalue weighted by molar-refractivity contribution is -0.123. The molecule has 1 aromatic rings. The van der Waals surface area contributed by atoms with Gasteiger partial charge in [-0.05, 0) is 30.7 Å². The van der Waals surface area contributed by atoms with Crippen molar-refractivity contribution in [1.29, 1.82) is 0 Å². The summed E-state index contributed by atoms with van der Waals surface area (Å²) in [5.74, 6) is 1.44. The standard InChI is InChI=1S/C15H25N3O2/c1-11(2)7-13(8-12(3)4)20-9-15(19)18-14-5-6-16-10-17-14/h5-6,10-13H,7-9H2,1-4H3,(H,16,17,18,19). The van der Waals surface area contributed by atoms with Crippen LogP contribution in [0.2, 0.25) is 0 Å². The lowest BCUT2D eigenvalue weighted by atomic mass is 9.98. The first-order valence-corrected chi connectivity index (χ1v) is 7.14. The van der Waals surface area contributed by atoms with Gasteiger partial charge >= 0.3 is 0 Å². The summed E-state index contributed by atoms with van der Waals surface area (Å²) in [4.78, 5) is 19.5. The molecule has 1 heterocycles. The molecule has 0 aromatic carbocycles. The SMILES string of the molecule is CC(C)CC(CC(C)C)OCC(=O)Nc1ccncn1. The fourth-order valence-electron chi connectivity index (χ4n) is 2.02. The van der Waals surface area contributed by atoms with E-state index < -0.39 is 0 Å². The maximum atomic E-state index is 11.8. The highest BCUT2D eigenvalue weighted by molar-refractivity contribution is 5.90. The number of hydrogen-bond donors (Lipinski definition) is 1. The predicted octanol–water partition coefficient (Wildman–Crippen LogP) is 2.89. The summed E-state index contributed by atoms with van der Waals surface area (Å²) in [5.41, 5.74) is 0. The molecule has 1 aromatic heterocycles. The summed E-state index contributed by atoms with van der Waals surface area (Å²) in [7, 11) is 0. The van der Waals surface area contributed by atoms with Crippen molar-refractivity contribution in [3.8, 4) is 0 Å². The minimum absolute atomic E-state index is 0.0636. The van der Waals surface area contributed by atoms with Crippen LogP contribution in [0.25, 0.3) is 0 Å². The third-order valence-corrected chi connectivity index (χ3v) is 2.77. The molecule has 0 aliphatic carbocycles. The van der Waals surface area contributed by atoms with Crippen LogP contribution in [-0.4, -0.2) is 28.6 Å². The highest BCUT2D eigenvalue weighted by atomic mass is 16.5. The Labute approximate surface area is 121 Å². The molecule has 0 bridgehead atoms. The summed E-state index contributed by atoms with van der Waals surface area (Å²) >= 11 is 0. The Bertz CT molecular complexity index is 383. The average Bonchev–Trinajstić information content (AvgIpc) is 2.36. The fourth-order valence-corrected chi connectivity index (χ4v) is 2.02. The van der Waals surface area contributed by atoms with Crippen molar-refractivity contribution in [2.24, 2.45) is 11.8 Å². The van der Waals surface area contributed by atoms with Crippen LogP contribution in [-0.2, 0) is 9.53 Å². The minimum atomic E-state index is -0.179. The molecule has 20 heavy (non-hydrogen) atoms. The molecule has 0 fully saturated rings. The summed E-state index contributed by atoms with van der Waals surface area (Å²) in [5, 5.41) is 2.69. The van der Waals surface area contributed by atoms with Crippen molar-refractivity contribution < 1.29 is 9.53 Å². The zero-order valence-electron chi connectivity index (χ0n) is 12.8. The van der Waals surface area contributed by atoms with Crippen LogP contribution in [0, 0.1) is 11.8 Å². The van der Waals surface area contributed by atoms with Crippen molar-refractivity contribution in [2.45, 2.75) is 46.6 Å². The van der Waals surface area contributed by atoms with E-state index in [1.807, 2.05) is 0 Å². The van der Waals surface area contributed by atoms with E-state index in [-0.39, 0.29) is 18.6 Å². The quantitative estimate of drug-likeness (QED) is 0.794. The number of nitrogens with zero attached hydrogens (tertiary/aromatic N) is 2. The molecule has 1 rings (SSSR count). The van der Waals surface area contributed by atoms with Crippen LogP contribution in [0.5, 0.6) is 0 Å². The van der Waals surface area contributed by atoms with Gasteiger partial charge in [0, 0.05) is 6.20 Å². The first-order valence-electron chi connectivity index (χ1n) is 7.14. The normalized spacial score (nSPS) is 11.3. The Morgan fingerprint density at radius 2 is 1.90 bits per heavy atom. The van der Waals surface area contributed by atoms with E-state index in [4.69, 9.17) is 4.74 Å². The van der Waals surface area contributed by atoms with Gasteiger partial charge in [0.1, 0.15) is 18.8 Å². The van der Waals surface area contributed by atoms with Crippen LogP contribution >= 0.6 is 0 Å². The molecule has 1 N–H and O–H groups in total. The molecule has 0 saturated heterocycles. The van der Waals surface area contributed by atoms with Gasteiger partial charge in [-0.25, -0.2) is 9.97 Å². The predicted molar refractivity (Wildman–Crippen MR) is 79.3 cm³/mol. The minimum Gasteiger partial charge on any atom is -0.368 e. The molecule has 0 saturated carbocycles. The second-order valence-corrected chi connectivity index (χ2v) is 5.83. The molecule has 0 aliphatic rings. The van der Waals surface area contributed by atoms with Crippen molar-refractivity contribution in [2.75, 3.05) is 11.9 Å². The first-order chi connectivity index (χ1) is 9.47. The van der Waals surface area contributed by atoms with E-state index >= 15 is 0 Å². The van der Waals surface area contributed by atoms with Crippen molar-refractivity contribution in [3.63, 3.8) is 0 Å². The lowest BCUT2D eigenvalue weighted by Gasteiger charge is -2.21. The molecule has 0 spiro atoms. The van der Waals surface area contributed by atoms with Gasteiger partial charge in [-0.2, -0.15) is 0 Å². The molecule has 0 radical (unpaired) electrons. The number of hydrogen-bond acceptors (Lipinski definition) is 4. The number of nitrogens with one attached hydrogen (secondary N) is 1. The van der Waals surface area contributed by atoms with Crippen LogP contribution < -0.4 is 5.32 Å². The molecule has 0 aliphatic heterocycles. The van der Waals surface area contributed by atoms with Gasteiger partial charge in [-0.1, -0.05) is 27.7 Å². The van der Waals surface area contributed by atoms with E-state index in [9.17, 15) is 4.79 Å². The fraction of sp³-hybridized carbons (Fsp3) is 0.667. The number of aromatic nitrogens is 2. The number of rotatable bonds is 8. The Balaban J connectivity index is 2.39. The average molecular weight is 279 g/mol. The zero-order valence-corrected chi connectivity index (χ0v) is 12.8. The van der Waals surface area contributed by atoms with Crippen LogP contribution in [0.3, 0.4) is 0 Å². The van der Waals surface area contributed by atoms with E-state index in [0.717, 1.165) is 12.8 Å². The zero-order chi connectivity index (χ0) is 15.0. The second kappa shape index (κ2) is 8.64. The summed E-state index contributed by atoms with van der Waals surface area (Å²) < 4.78 is 5.74. The molecular weight excluding hydrogens is 254 g/mol. The highest BCUT2D eigenvalue weighted by Gasteiger charge is 2.15. The van der Waals surface area contributed by atoms with Gasteiger partial charge in [0.05, 0.1) is 6.10 Å². The van der Waals surface area contributed by atoms with Gasteiger partial charge in [-0.3, -0.25) is 4.79 Å². The third-order valence-electron chi connectivity index (χ3n) is 2.77. The topological polar surface area (TPSA) is 64.1 Å². The molecule has 0 atom stereocenters. The van der Waals surface area contributed by atoms with E-state index in [1.54, 1.807) is 12.3 Å². The number of anilines is 1. The number of ether oxygens (including phenoxy) is 1. The number of amides is 1. The van der Waals surface area contributed by atoms with Crippen molar-refractivity contribution >= 4 is 11.7 Å². The maximum Gasteiger partial charge on any atom is 0.251 e. The van der Waals surface area contributed by atoms with E-state index in [1.165, 1.54) is 6.33 Å². The molecule has 5 nitrogen and oxygen atoms in total. The summed E-state index contributed by atoms with van der Waals surface area (Å²) in [6, 6.07) is 1.65. The van der Waals surface area contributed by atoms with Gasteiger partial charge in [0.15, 0.2) is 0 Å². The van der Waals surface area contributed by atoms with Crippen molar-refractivity contribution in [1.82, 2.24) is 9.97 Å². The van der Waals surface area contributed by atoms with Crippen LogP contribution in [0.15, 0.2) is 18.6 Å². The third kappa shape index (κ3) is 7.19. The number of carbonyl (C=O) groups excluding carboxylic acids is 1. The Morgan fingerprint density at radius 1 is 1.25 bits per heavy atom. The molecule has 0 unspecified atom stereocenters. The van der Waals surface area contributed by atoms with Crippen LogP contribution in [0.4, 0.5) is 5.82 Å². The van der Waals surface area contributed by atoms with E-state index in [0.29, 0.717) is 17.7 Å². The molecule has 112 valence electrons. The maximum absolute atomic E-state index is 11.8. The Morgan fingerprint density at radius 3 is 2.40 bits per heavy atom. The monoisotopic (exact) mass is 279 g/mol. The van der Waals surface area contributed by atoms with E-state index in [2.05, 4.69) is 43.0 Å². The second-order valence-electron chi connectivity index (χ2n) is 5.83. The Kier molecular flexibility index (Phi) is 7.15. The van der Waals surface area contributed by atoms with Crippen molar-refractivity contribution in [3.05, 3.63) is 18.6 Å². The summed E-state index contributed by atoms with van der Waals surface area (Å²) in [6.07, 6.45) is 5.06. The number of carbonyl (C=O) groups is 1. The van der Waals surface area contributed by atoms with Crippen LogP contribution in [0.1, 0.15) is 40.5 Å². The van der Waals surface area contributed by atoms with Gasteiger partial charge < -0.3 is 10.1 Å². The Hall–Kier alpha value is -1.49. The first kappa shape index (κ1) is 16.6. The van der Waals surface area contributed by atoms with Gasteiger partial charge in [0.25, 0.3) is 5.91 Å². The smallest absolute Gasteiger partial charge is 0.251 e. The summed E-state index contributed by atoms with van der Waals surface area (Å²) in [6.45, 7) is 8.72. The molecule has 1 amide bonds. The largest absolute Gasteiger partial charge is 0.368 e. The van der Waals surface area contributed by atoms with Gasteiger partial charge in [-0.15, -0.1) is 0 Å². The molecule has 5 heteroatoms. The molecular formula is C15H25N3O2.